The van der Waals surface area contributed by atoms with E-state index in [9.17, 15) is 9.59 Å². The molecule has 0 atom stereocenters. The number of unbranched alkanes of at least 4 members (excludes halogenated alkanes) is 4. The van der Waals surface area contributed by atoms with Crippen molar-refractivity contribution >= 4 is 11.9 Å². The highest BCUT2D eigenvalue weighted by Gasteiger charge is 1.98. The van der Waals surface area contributed by atoms with Crippen LogP contribution in [-0.4, -0.2) is 22.2 Å². The Morgan fingerprint density at radius 3 is 1.29 bits per heavy atom. The first-order valence-corrected chi connectivity index (χ1v) is 5.71. The molecule has 0 rings (SSSR count). The summed E-state index contributed by atoms with van der Waals surface area (Å²) in [4.78, 5) is 20.2. The van der Waals surface area contributed by atoms with E-state index < -0.39 is 11.9 Å². The van der Waals surface area contributed by atoms with Gasteiger partial charge in [-0.25, -0.2) is 0 Å². The van der Waals surface area contributed by atoms with Crippen LogP contribution in [0.2, 0.25) is 0 Å². The van der Waals surface area contributed by atoms with Crippen LogP contribution in [0.3, 0.4) is 0 Å². The smallest absolute Gasteiger partial charge is 0.303 e. The van der Waals surface area contributed by atoms with Crippen molar-refractivity contribution in [2.24, 2.45) is 0 Å². The van der Waals surface area contributed by atoms with Crippen molar-refractivity contribution in [1.82, 2.24) is 0 Å². The highest BCUT2D eigenvalue weighted by molar-refractivity contribution is 5.66. The van der Waals surface area contributed by atoms with E-state index in [1.54, 1.807) is 12.2 Å². The fourth-order valence-corrected chi connectivity index (χ4v) is 1.08. The Kier molecular flexibility index (Phi) is 15.1. The Labute approximate surface area is 103 Å². The van der Waals surface area contributed by atoms with E-state index in [1.165, 1.54) is 0 Å². The van der Waals surface area contributed by atoms with Crippen LogP contribution in [0.15, 0.2) is 25.3 Å². The molecule has 2 N–H and O–H groups in total. The van der Waals surface area contributed by atoms with Gasteiger partial charge in [0.15, 0.2) is 0 Å². The van der Waals surface area contributed by atoms with Crippen LogP contribution in [-0.2, 0) is 9.59 Å². The maximum absolute atomic E-state index is 10.1. The van der Waals surface area contributed by atoms with Crippen LogP contribution in [0.25, 0.3) is 0 Å². The first-order chi connectivity index (χ1) is 8.04. The molecule has 0 unspecified atom stereocenters. The minimum absolute atomic E-state index is 0.221. The number of carboxylic acid groups (broad SMARTS) is 2. The van der Waals surface area contributed by atoms with Crippen molar-refractivity contribution in [1.29, 1.82) is 0 Å². The van der Waals surface area contributed by atoms with Gasteiger partial charge in [-0.2, -0.15) is 0 Å². The molecule has 0 radical (unpaired) electrons. The molecule has 0 aromatic rings. The predicted octanol–water partition coefficient (Wildman–Crippen LogP) is 3.24. The van der Waals surface area contributed by atoms with Crippen LogP contribution >= 0.6 is 0 Å². The number of carboxylic acids is 2. The molecular weight excluding hydrogens is 220 g/mol. The van der Waals surface area contributed by atoms with Crippen molar-refractivity contribution in [3.05, 3.63) is 25.3 Å². The molecular formula is C13H22O4. The minimum Gasteiger partial charge on any atom is -0.481 e. The summed E-state index contributed by atoms with van der Waals surface area (Å²) >= 11 is 0. The molecule has 98 valence electrons. The Morgan fingerprint density at radius 1 is 0.765 bits per heavy atom. The Balaban J connectivity index is 0. The zero-order valence-electron chi connectivity index (χ0n) is 10.2. The van der Waals surface area contributed by atoms with Gasteiger partial charge in [-0.05, 0) is 12.8 Å². The monoisotopic (exact) mass is 242 g/mol. The summed E-state index contributed by atoms with van der Waals surface area (Å²) in [5, 5.41) is 16.6. The summed E-state index contributed by atoms with van der Waals surface area (Å²) in [6.45, 7) is 6.72. The molecule has 0 saturated heterocycles. The highest BCUT2D eigenvalue weighted by atomic mass is 16.4. The highest BCUT2D eigenvalue weighted by Crippen LogP contribution is 2.06. The van der Waals surface area contributed by atoms with E-state index in [-0.39, 0.29) is 12.8 Å². The molecule has 0 spiro atoms. The molecule has 0 heterocycles. The second-order valence-electron chi connectivity index (χ2n) is 3.53. The molecule has 0 aliphatic carbocycles. The van der Waals surface area contributed by atoms with Crippen LogP contribution in [0.5, 0.6) is 0 Å². The third-order valence-corrected chi connectivity index (χ3v) is 1.95. The molecule has 0 saturated carbocycles. The summed E-state index contributed by atoms with van der Waals surface area (Å²) < 4.78 is 0. The Hall–Kier alpha value is -1.58. The summed E-state index contributed by atoms with van der Waals surface area (Å²) in [6, 6.07) is 0. The fraction of sp³-hybridized carbons (Fsp3) is 0.538. The van der Waals surface area contributed by atoms with Gasteiger partial charge < -0.3 is 10.2 Å². The van der Waals surface area contributed by atoms with Gasteiger partial charge in [0.1, 0.15) is 0 Å². The van der Waals surface area contributed by atoms with Crippen LogP contribution < -0.4 is 0 Å². The molecule has 0 bridgehead atoms. The lowest BCUT2D eigenvalue weighted by molar-refractivity contribution is -0.138. The van der Waals surface area contributed by atoms with Crippen LogP contribution in [0, 0.1) is 0 Å². The topological polar surface area (TPSA) is 74.6 Å². The molecule has 0 aliphatic heterocycles. The van der Waals surface area contributed by atoms with E-state index in [0.29, 0.717) is 12.8 Å². The average Bonchev–Trinajstić information content (AvgIpc) is 2.27. The van der Waals surface area contributed by atoms with E-state index in [2.05, 4.69) is 13.2 Å². The first-order valence-electron chi connectivity index (χ1n) is 5.71. The molecule has 4 nitrogen and oxygen atoms in total. The average molecular weight is 242 g/mol. The van der Waals surface area contributed by atoms with Crippen molar-refractivity contribution in [2.45, 2.75) is 44.9 Å². The van der Waals surface area contributed by atoms with Gasteiger partial charge in [-0.3, -0.25) is 9.59 Å². The standard InChI is InChI=1S/C9H16O4.C4H6/c10-8(11)6-4-2-1-3-5-7-9(12)13;1-3-4-2/h1-7H2,(H,10,11)(H,12,13);3-4H,1-2H2. The SMILES string of the molecule is C=CC=C.O=C(O)CCCCCCCC(=O)O. The maximum Gasteiger partial charge on any atom is 0.303 e. The van der Waals surface area contributed by atoms with Crippen molar-refractivity contribution in [3.63, 3.8) is 0 Å². The number of hydrogen-bond donors (Lipinski definition) is 2. The lowest BCUT2D eigenvalue weighted by Gasteiger charge is -1.97. The fourth-order valence-electron chi connectivity index (χ4n) is 1.08. The number of rotatable bonds is 9. The van der Waals surface area contributed by atoms with E-state index >= 15 is 0 Å². The molecule has 0 amide bonds. The van der Waals surface area contributed by atoms with Gasteiger partial charge >= 0.3 is 11.9 Å². The molecule has 0 aromatic heterocycles. The van der Waals surface area contributed by atoms with Crippen molar-refractivity contribution in [2.75, 3.05) is 0 Å². The minimum atomic E-state index is -0.759. The number of aliphatic carboxylic acids is 2. The summed E-state index contributed by atoms with van der Waals surface area (Å²) in [5.74, 6) is -1.52. The molecule has 0 fully saturated rings. The second-order valence-corrected chi connectivity index (χ2v) is 3.53. The summed E-state index contributed by atoms with van der Waals surface area (Å²) in [7, 11) is 0. The third kappa shape index (κ3) is 25.1. The van der Waals surface area contributed by atoms with Gasteiger partial charge in [0, 0.05) is 12.8 Å². The van der Waals surface area contributed by atoms with Gasteiger partial charge in [-0.15, -0.1) is 0 Å². The van der Waals surface area contributed by atoms with Crippen molar-refractivity contribution < 1.29 is 19.8 Å². The van der Waals surface area contributed by atoms with E-state index in [1.807, 2.05) is 0 Å². The lowest BCUT2D eigenvalue weighted by atomic mass is 10.1. The lowest BCUT2D eigenvalue weighted by Crippen LogP contribution is -1.95. The van der Waals surface area contributed by atoms with Crippen LogP contribution in [0.4, 0.5) is 0 Å². The van der Waals surface area contributed by atoms with Crippen molar-refractivity contribution in [3.8, 4) is 0 Å². The Bertz CT molecular complexity index is 210. The number of allylic oxidation sites excluding steroid dienone is 2. The summed E-state index contributed by atoms with van der Waals surface area (Å²) in [6.07, 6.45) is 7.81. The van der Waals surface area contributed by atoms with Gasteiger partial charge in [-0.1, -0.05) is 44.6 Å². The summed E-state index contributed by atoms with van der Waals surface area (Å²) in [5.41, 5.74) is 0. The van der Waals surface area contributed by atoms with Gasteiger partial charge in [0.05, 0.1) is 0 Å². The quantitative estimate of drug-likeness (QED) is 0.480. The number of hydrogen-bond acceptors (Lipinski definition) is 2. The first kappa shape index (κ1) is 17.8. The normalized spacial score (nSPS) is 8.71. The largest absolute Gasteiger partial charge is 0.481 e. The van der Waals surface area contributed by atoms with Crippen LogP contribution in [0.1, 0.15) is 44.9 Å². The molecule has 0 aromatic carbocycles. The number of carbonyl (C=O) groups is 2. The zero-order valence-corrected chi connectivity index (χ0v) is 10.2. The third-order valence-electron chi connectivity index (χ3n) is 1.95. The Morgan fingerprint density at radius 2 is 1.06 bits per heavy atom. The predicted molar refractivity (Wildman–Crippen MR) is 68.0 cm³/mol. The maximum atomic E-state index is 10.1. The molecule has 4 heteroatoms. The second kappa shape index (κ2) is 14.4. The van der Waals surface area contributed by atoms with Gasteiger partial charge in [0.25, 0.3) is 0 Å². The molecule has 0 aliphatic rings. The molecule has 17 heavy (non-hydrogen) atoms. The van der Waals surface area contributed by atoms with Gasteiger partial charge in [0.2, 0.25) is 0 Å². The zero-order chi connectivity index (χ0) is 13.5. The van der Waals surface area contributed by atoms with E-state index in [0.717, 1.165) is 19.3 Å². The van der Waals surface area contributed by atoms with E-state index in [4.69, 9.17) is 10.2 Å².